The largest absolute Gasteiger partial charge is 0.480 e. The topological polar surface area (TPSA) is 49.3 Å². The highest BCUT2D eigenvalue weighted by Crippen LogP contribution is 2.32. The molecule has 2 N–H and O–H groups in total. The second-order valence-electron chi connectivity index (χ2n) is 5.49. The lowest BCUT2D eigenvalue weighted by atomic mass is 9.77. The number of hydrogen-bond acceptors (Lipinski definition) is 2. The number of carbonyl (C=O) groups is 1. The van der Waals surface area contributed by atoms with E-state index in [1.54, 1.807) is 6.92 Å². The van der Waals surface area contributed by atoms with Gasteiger partial charge in [0.25, 0.3) is 0 Å². The molecule has 3 heteroatoms. The summed E-state index contributed by atoms with van der Waals surface area (Å²) >= 11 is 0. The highest BCUT2D eigenvalue weighted by molar-refractivity contribution is 5.72. The van der Waals surface area contributed by atoms with E-state index in [0.717, 1.165) is 18.4 Å². The zero-order valence-corrected chi connectivity index (χ0v) is 10.7. The van der Waals surface area contributed by atoms with E-state index >= 15 is 0 Å². The molecule has 1 aliphatic rings. The molecule has 0 aromatic carbocycles. The van der Waals surface area contributed by atoms with E-state index in [1.165, 1.54) is 25.7 Å². The Morgan fingerprint density at radius 3 is 2.25 bits per heavy atom. The molecular weight excluding hydrogens is 202 g/mol. The molecule has 0 heterocycles. The van der Waals surface area contributed by atoms with Crippen molar-refractivity contribution in [3.63, 3.8) is 0 Å². The number of carboxylic acid groups (broad SMARTS) is 1. The molecule has 0 aromatic rings. The Kier molecular flexibility index (Phi) is 5.26. The molecule has 0 radical (unpaired) electrons. The molecule has 0 amide bonds. The average molecular weight is 227 g/mol. The summed E-state index contributed by atoms with van der Waals surface area (Å²) in [5.74, 6) is 1.60. The number of carboxylic acids is 1. The molecule has 1 atom stereocenters. The van der Waals surface area contributed by atoms with Crippen LogP contribution in [-0.4, -0.2) is 23.7 Å². The lowest BCUT2D eigenvalue weighted by Crippen LogP contribution is -2.38. The van der Waals surface area contributed by atoms with E-state index < -0.39 is 12.0 Å². The van der Waals surface area contributed by atoms with Crippen molar-refractivity contribution < 1.29 is 9.90 Å². The molecule has 0 aliphatic heterocycles. The Hall–Kier alpha value is -0.570. The Bertz CT molecular complexity index is 220. The summed E-state index contributed by atoms with van der Waals surface area (Å²) in [6.07, 6.45) is 5.13. The highest BCUT2D eigenvalue weighted by Gasteiger charge is 2.23. The Morgan fingerprint density at radius 1 is 1.25 bits per heavy atom. The van der Waals surface area contributed by atoms with Crippen molar-refractivity contribution in [1.29, 1.82) is 0 Å². The fraction of sp³-hybridized carbons (Fsp3) is 0.923. The minimum atomic E-state index is -0.754. The standard InChI is InChI=1S/C13H25NO2/c1-9(2)12-6-4-11(5-7-12)8-14-10(3)13(15)16/h9-12,14H,4-8H2,1-3H3,(H,15,16). The predicted molar refractivity (Wildman–Crippen MR) is 65.4 cm³/mol. The first-order chi connectivity index (χ1) is 7.50. The van der Waals surface area contributed by atoms with Crippen LogP contribution in [0.1, 0.15) is 46.5 Å². The van der Waals surface area contributed by atoms with Gasteiger partial charge in [-0.3, -0.25) is 4.79 Å². The summed E-state index contributed by atoms with van der Waals surface area (Å²) in [6, 6.07) is -0.414. The fourth-order valence-corrected chi connectivity index (χ4v) is 2.49. The molecule has 1 aliphatic carbocycles. The van der Waals surface area contributed by atoms with Crippen LogP contribution in [0.2, 0.25) is 0 Å². The number of nitrogens with one attached hydrogen (secondary N) is 1. The minimum absolute atomic E-state index is 0.414. The molecule has 0 aromatic heterocycles. The average Bonchev–Trinajstić information content (AvgIpc) is 2.26. The van der Waals surface area contributed by atoms with E-state index in [2.05, 4.69) is 19.2 Å². The monoisotopic (exact) mass is 227 g/mol. The number of hydrogen-bond donors (Lipinski definition) is 2. The van der Waals surface area contributed by atoms with Crippen molar-refractivity contribution in [3.8, 4) is 0 Å². The van der Waals surface area contributed by atoms with Crippen LogP contribution in [0, 0.1) is 17.8 Å². The number of rotatable bonds is 5. The van der Waals surface area contributed by atoms with Crippen LogP contribution in [0.3, 0.4) is 0 Å². The molecule has 0 saturated heterocycles. The van der Waals surface area contributed by atoms with Gasteiger partial charge >= 0.3 is 5.97 Å². The molecule has 94 valence electrons. The van der Waals surface area contributed by atoms with Gasteiger partial charge in [-0.1, -0.05) is 13.8 Å². The Balaban J connectivity index is 2.20. The second-order valence-corrected chi connectivity index (χ2v) is 5.49. The fourth-order valence-electron chi connectivity index (χ4n) is 2.49. The zero-order chi connectivity index (χ0) is 12.1. The van der Waals surface area contributed by atoms with E-state index in [0.29, 0.717) is 5.92 Å². The molecule has 1 saturated carbocycles. The summed E-state index contributed by atoms with van der Waals surface area (Å²) < 4.78 is 0. The van der Waals surface area contributed by atoms with Crippen molar-refractivity contribution in [1.82, 2.24) is 5.32 Å². The van der Waals surface area contributed by atoms with Crippen molar-refractivity contribution in [2.75, 3.05) is 6.54 Å². The van der Waals surface area contributed by atoms with Gasteiger partial charge in [0, 0.05) is 0 Å². The Labute approximate surface area is 98.6 Å². The van der Waals surface area contributed by atoms with Gasteiger partial charge in [0.05, 0.1) is 0 Å². The van der Waals surface area contributed by atoms with Crippen molar-refractivity contribution in [3.05, 3.63) is 0 Å². The first kappa shape index (κ1) is 13.5. The van der Waals surface area contributed by atoms with Crippen LogP contribution in [0.4, 0.5) is 0 Å². The number of aliphatic carboxylic acids is 1. The third kappa shape index (κ3) is 4.12. The third-order valence-corrected chi connectivity index (χ3v) is 3.92. The van der Waals surface area contributed by atoms with Gasteiger partial charge in [0.2, 0.25) is 0 Å². The predicted octanol–water partition coefficient (Wildman–Crippen LogP) is 2.51. The van der Waals surface area contributed by atoms with Gasteiger partial charge in [0.15, 0.2) is 0 Å². The molecule has 0 bridgehead atoms. The molecule has 1 rings (SSSR count). The van der Waals surface area contributed by atoms with Crippen LogP contribution in [0.15, 0.2) is 0 Å². The minimum Gasteiger partial charge on any atom is -0.480 e. The van der Waals surface area contributed by atoms with Gasteiger partial charge in [-0.25, -0.2) is 0 Å². The molecular formula is C13H25NO2. The summed E-state index contributed by atoms with van der Waals surface area (Å²) in [7, 11) is 0. The first-order valence-electron chi connectivity index (χ1n) is 6.47. The van der Waals surface area contributed by atoms with Crippen LogP contribution in [0.5, 0.6) is 0 Å². The van der Waals surface area contributed by atoms with Crippen molar-refractivity contribution >= 4 is 5.97 Å². The van der Waals surface area contributed by atoms with E-state index in [-0.39, 0.29) is 0 Å². The maximum Gasteiger partial charge on any atom is 0.320 e. The zero-order valence-electron chi connectivity index (χ0n) is 10.7. The van der Waals surface area contributed by atoms with Crippen molar-refractivity contribution in [2.24, 2.45) is 17.8 Å². The molecule has 3 nitrogen and oxygen atoms in total. The lowest BCUT2D eigenvalue weighted by molar-refractivity contribution is -0.139. The Morgan fingerprint density at radius 2 is 1.81 bits per heavy atom. The second kappa shape index (κ2) is 6.24. The van der Waals surface area contributed by atoms with Gasteiger partial charge in [-0.15, -0.1) is 0 Å². The van der Waals surface area contributed by atoms with Crippen LogP contribution in [0.25, 0.3) is 0 Å². The summed E-state index contributed by atoms with van der Waals surface area (Å²) in [5.41, 5.74) is 0. The van der Waals surface area contributed by atoms with Crippen LogP contribution < -0.4 is 5.32 Å². The molecule has 16 heavy (non-hydrogen) atoms. The molecule has 1 unspecified atom stereocenters. The van der Waals surface area contributed by atoms with Gasteiger partial charge in [-0.05, 0) is 56.9 Å². The third-order valence-electron chi connectivity index (χ3n) is 3.92. The van der Waals surface area contributed by atoms with Crippen molar-refractivity contribution in [2.45, 2.75) is 52.5 Å². The van der Waals surface area contributed by atoms with Crippen LogP contribution >= 0.6 is 0 Å². The van der Waals surface area contributed by atoms with E-state index in [9.17, 15) is 4.79 Å². The van der Waals surface area contributed by atoms with E-state index in [4.69, 9.17) is 5.11 Å². The van der Waals surface area contributed by atoms with Gasteiger partial charge < -0.3 is 10.4 Å². The lowest BCUT2D eigenvalue weighted by Gasteiger charge is -2.31. The van der Waals surface area contributed by atoms with E-state index in [1.807, 2.05) is 0 Å². The smallest absolute Gasteiger partial charge is 0.320 e. The normalized spacial score (nSPS) is 28.0. The first-order valence-corrected chi connectivity index (χ1v) is 6.47. The van der Waals surface area contributed by atoms with Gasteiger partial charge in [-0.2, -0.15) is 0 Å². The molecule has 1 fully saturated rings. The van der Waals surface area contributed by atoms with Gasteiger partial charge in [0.1, 0.15) is 6.04 Å². The highest BCUT2D eigenvalue weighted by atomic mass is 16.4. The molecule has 0 spiro atoms. The maximum absolute atomic E-state index is 10.7. The summed E-state index contributed by atoms with van der Waals surface area (Å²) in [5, 5.41) is 11.9. The summed E-state index contributed by atoms with van der Waals surface area (Å²) in [6.45, 7) is 7.17. The maximum atomic E-state index is 10.7. The van der Waals surface area contributed by atoms with Crippen LogP contribution in [-0.2, 0) is 4.79 Å². The SMILES string of the molecule is CC(NCC1CCC(C(C)C)CC1)C(=O)O. The summed E-state index contributed by atoms with van der Waals surface area (Å²) in [4.78, 5) is 10.7. The quantitative estimate of drug-likeness (QED) is 0.758.